The molecule has 0 aliphatic rings. The number of carbonyl (C=O) groups excluding carboxylic acids is 1. The summed E-state index contributed by atoms with van der Waals surface area (Å²) in [5.41, 5.74) is 0.674. The number of anilines is 1. The first-order chi connectivity index (χ1) is 10.8. The van der Waals surface area contributed by atoms with Crippen molar-refractivity contribution in [1.29, 1.82) is 0 Å². The van der Waals surface area contributed by atoms with Crippen LogP contribution in [0.25, 0.3) is 0 Å². The molecule has 0 spiro atoms. The molecular formula is C14H14F2N4O3. The Bertz CT molecular complexity index is 760. The number of rotatable bonds is 5. The molecular weight excluding hydrogens is 310 g/mol. The largest absolute Gasteiger partial charge is 0.390 e. The van der Waals surface area contributed by atoms with Crippen molar-refractivity contribution < 1.29 is 18.5 Å². The van der Waals surface area contributed by atoms with E-state index >= 15 is 0 Å². The topological polar surface area (TPSA) is 90.1 Å². The highest BCUT2D eigenvalue weighted by Gasteiger charge is 2.21. The fraction of sp³-hybridized carbons (Fsp3) is 0.286. The van der Waals surface area contributed by atoms with Gasteiger partial charge in [-0.1, -0.05) is 6.92 Å². The molecule has 2 aromatic rings. The Balaban J connectivity index is 2.05. The van der Waals surface area contributed by atoms with Crippen molar-refractivity contribution in [3.05, 3.63) is 51.7 Å². The number of nitrogens with one attached hydrogen (secondary N) is 1. The molecule has 1 aromatic heterocycles. The van der Waals surface area contributed by atoms with E-state index in [9.17, 15) is 23.7 Å². The van der Waals surface area contributed by atoms with E-state index in [0.29, 0.717) is 5.69 Å². The van der Waals surface area contributed by atoms with Gasteiger partial charge in [-0.05, 0) is 24.0 Å². The third-order valence-electron chi connectivity index (χ3n) is 3.24. The van der Waals surface area contributed by atoms with Crippen LogP contribution in [0.1, 0.15) is 12.6 Å². The minimum atomic E-state index is -1.06. The Kier molecular flexibility index (Phi) is 4.68. The van der Waals surface area contributed by atoms with Crippen molar-refractivity contribution >= 4 is 17.4 Å². The summed E-state index contributed by atoms with van der Waals surface area (Å²) >= 11 is 0. The summed E-state index contributed by atoms with van der Waals surface area (Å²) in [5, 5.41) is 16.9. The molecule has 7 nitrogen and oxygen atoms in total. The second-order valence-corrected chi connectivity index (χ2v) is 5.10. The first-order valence-corrected chi connectivity index (χ1v) is 6.72. The zero-order valence-corrected chi connectivity index (χ0v) is 12.4. The molecule has 1 aromatic carbocycles. The fourth-order valence-corrected chi connectivity index (χ4v) is 1.95. The number of aryl methyl sites for hydroxylation is 1. The zero-order valence-electron chi connectivity index (χ0n) is 12.4. The molecule has 23 heavy (non-hydrogen) atoms. The van der Waals surface area contributed by atoms with E-state index in [-0.39, 0.29) is 18.1 Å². The Labute approximate surface area is 130 Å². The van der Waals surface area contributed by atoms with Crippen molar-refractivity contribution in [2.24, 2.45) is 5.92 Å². The van der Waals surface area contributed by atoms with E-state index in [1.54, 1.807) is 13.8 Å². The molecule has 9 heteroatoms. The van der Waals surface area contributed by atoms with E-state index < -0.39 is 28.4 Å². The maximum absolute atomic E-state index is 13.1. The monoisotopic (exact) mass is 324 g/mol. The normalized spacial score (nSPS) is 12.0. The predicted octanol–water partition coefficient (Wildman–Crippen LogP) is 2.65. The van der Waals surface area contributed by atoms with Crippen LogP contribution >= 0.6 is 0 Å². The van der Waals surface area contributed by atoms with Crippen LogP contribution in [-0.2, 0) is 11.3 Å². The average molecular weight is 324 g/mol. The number of amides is 1. The van der Waals surface area contributed by atoms with Crippen LogP contribution in [-0.4, -0.2) is 20.6 Å². The number of benzene rings is 1. The first-order valence-electron chi connectivity index (χ1n) is 6.72. The smallest absolute Gasteiger partial charge is 0.358 e. The molecule has 1 amide bonds. The standard InChI is InChI=1S/C14H14F2N4O3/c1-8(7-19-9(2)5-13(18-19)20(22)23)14(21)17-10-3-4-11(15)12(16)6-10/h3-6,8H,7H2,1-2H3,(H,17,21)/t8-/m1/s1. The van der Waals surface area contributed by atoms with Gasteiger partial charge in [0, 0.05) is 11.8 Å². The van der Waals surface area contributed by atoms with Gasteiger partial charge in [0.05, 0.1) is 29.3 Å². The van der Waals surface area contributed by atoms with Crippen LogP contribution in [0.5, 0.6) is 0 Å². The van der Waals surface area contributed by atoms with E-state index in [2.05, 4.69) is 10.4 Å². The summed E-state index contributed by atoms with van der Waals surface area (Å²) in [6.07, 6.45) is 0. The molecule has 0 radical (unpaired) electrons. The van der Waals surface area contributed by atoms with E-state index in [0.717, 1.165) is 12.1 Å². The molecule has 1 heterocycles. The SMILES string of the molecule is Cc1cc([N+](=O)[O-])nn1C[C@@H](C)C(=O)Nc1ccc(F)c(F)c1. The van der Waals surface area contributed by atoms with Gasteiger partial charge in [0.2, 0.25) is 5.91 Å². The number of carbonyl (C=O) groups is 1. The van der Waals surface area contributed by atoms with Crippen molar-refractivity contribution in [3.8, 4) is 0 Å². The summed E-state index contributed by atoms with van der Waals surface area (Å²) < 4.78 is 27.3. The highest BCUT2D eigenvalue weighted by molar-refractivity contribution is 5.92. The lowest BCUT2D eigenvalue weighted by Crippen LogP contribution is -2.25. The van der Waals surface area contributed by atoms with E-state index in [1.807, 2.05) is 0 Å². The molecule has 0 fully saturated rings. The van der Waals surface area contributed by atoms with Gasteiger partial charge >= 0.3 is 5.82 Å². The number of aromatic nitrogens is 2. The molecule has 0 saturated carbocycles. The van der Waals surface area contributed by atoms with Gasteiger partial charge in [-0.3, -0.25) is 4.79 Å². The van der Waals surface area contributed by atoms with E-state index in [4.69, 9.17) is 0 Å². The maximum atomic E-state index is 13.1. The minimum Gasteiger partial charge on any atom is -0.358 e. The molecule has 0 saturated heterocycles. The second-order valence-electron chi connectivity index (χ2n) is 5.10. The molecule has 0 aliphatic heterocycles. The molecule has 0 unspecified atom stereocenters. The lowest BCUT2D eigenvalue weighted by atomic mass is 10.1. The van der Waals surface area contributed by atoms with Crippen LogP contribution in [0, 0.1) is 34.6 Å². The number of hydrogen-bond acceptors (Lipinski definition) is 4. The number of nitrogens with zero attached hydrogens (tertiary/aromatic N) is 3. The number of nitro groups is 1. The lowest BCUT2D eigenvalue weighted by molar-refractivity contribution is -0.389. The van der Waals surface area contributed by atoms with Gasteiger partial charge in [-0.2, -0.15) is 4.68 Å². The van der Waals surface area contributed by atoms with Gasteiger partial charge in [-0.15, -0.1) is 0 Å². The number of hydrogen-bond donors (Lipinski definition) is 1. The van der Waals surface area contributed by atoms with Gasteiger partial charge in [0.15, 0.2) is 11.6 Å². The lowest BCUT2D eigenvalue weighted by Gasteiger charge is -2.11. The third-order valence-corrected chi connectivity index (χ3v) is 3.24. The molecule has 1 atom stereocenters. The Morgan fingerprint density at radius 3 is 2.65 bits per heavy atom. The summed E-state index contributed by atoms with van der Waals surface area (Å²) in [6, 6.07) is 4.34. The van der Waals surface area contributed by atoms with Gasteiger partial charge in [0.25, 0.3) is 0 Å². The third kappa shape index (κ3) is 3.87. The highest BCUT2D eigenvalue weighted by atomic mass is 19.2. The summed E-state index contributed by atoms with van der Waals surface area (Å²) in [6.45, 7) is 3.36. The van der Waals surface area contributed by atoms with Crippen LogP contribution in [0.15, 0.2) is 24.3 Å². The summed E-state index contributed by atoms with van der Waals surface area (Å²) in [5.74, 6) is -3.38. The van der Waals surface area contributed by atoms with Crippen molar-refractivity contribution in [2.45, 2.75) is 20.4 Å². The first kappa shape index (κ1) is 16.5. The highest BCUT2D eigenvalue weighted by Crippen LogP contribution is 2.16. The maximum Gasteiger partial charge on any atom is 0.390 e. The Morgan fingerprint density at radius 1 is 1.39 bits per heavy atom. The van der Waals surface area contributed by atoms with Gasteiger partial charge < -0.3 is 15.4 Å². The Hall–Kier alpha value is -2.84. The van der Waals surface area contributed by atoms with Crippen molar-refractivity contribution in [1.82, 2.24) is 9.78 Å². The van der Waals surface area contributed by atoms with Crippen LogP contribution in [0.3, 0.4) is 0 Å². The van der Waals surface area contributed by atoms with Crippen LogP contribution in [0.4, 0.5) is 20.3 Å². The molecule has 2 rings (SSSR count). The second kappa shape index (κ2) is 6.51. The molecule has 1 N–H and O–H groups in total. The van der Waals surface area contributed by atoms with Crippen molar-refractivity contribution in [2.75, 3.05) is 5.32 Å². The van der Waals surface area contributed by atoms with Crippen molar-refractivity contribution in [3.63, 3.8) is 0 Å². The summed E-state index contributed by atoms with van der Waals surface area (Å²) in [7, 11) is 0. The van der Waals surface area contributed by atoms with Crippen LogP contribution < -0.4 is 5.32 Å². The molecule has 122 valence electrons. The summed E-state index contributed by atoms with van der Waals surface area (Å²) in [4.78, 5) is 22.1. The fourth-order valence-electron chi connectivity index (χ4n) is 1.95. The van der Waals surface area contributed by atoms with Crippen LogP contribution in [0.2, 0.25) is 0 Å². The van der Waals surface area contributed by atoms with E-state index in [1.165, 1.54) is 16.8 Å². The Morgan fingerprint density at radius 2 is 2.09 bits per heavy atom. The number of halogens is 2. The van der Waals surface area contributed by atoms with Gasteiger partial charge in [-0.25, -0.2) is 8.78 Å². The van der Waals surface area contributed by atoms with Gasteiger partial charge in [0.1, 0.15) is 0 Å². The quantitative estimate of drug-likeness (QED) is 0.676. The minimum absolute atomic E-state index is 0.120. The predicted molar refractivity (Wildman–Crippen MR) is 77.8 cm³/mol. The molecule has 0 aliphatic carbocycles. The molecule has 0 bridgehead atoms. The zero-order chi connectivity index (χ0) is 17.1. The average Bonchev–Trinajstić information content (AvgIpc) is 2.84.